The predicted octanol–water partition coefficient (Wildman–Crippen LogP) is 8.57. The van der Waals surface area contributed by atoms with E-state index in [2.05, 4.69) is 27.3 Å². The molecule has 0 amide bonds. The summed E-state index contributed by atoms with van der Waals surface area (Å²) < 4.78 is 5.86. The molecule has 2 N–H and O–H groups in total. The lowest BCUT2D eigenvalue weighted by Gasteiger charge is -2.12. The van der Waals surface area contributed by atoms with Crippen LogP contribution in [0.5, 0.6) is 17.2 Å². The maximum absolute atomic E-state index is 10.4. The number of unbranched alkanes of at least 4 members (excludes halogenated alkanes) is 5. The van der Waals surface area contributed by atoms with Gasteiger partial charge in [0, 0.05) is 11.1 Å². The first-order valence-electron chi connectivity index (χ1n) is 15.4. The summed E-state index contributed by atoms with van der Waals surface area (Å²) >= 11 is 6.07. The van der Waals surface area contributed by atoms with E-state index in [1.807, 2.05) is 69.3 Å². The summed E-state index contributed by atoms with van der Waals surface area (Å²) in [5, 5.41) is 38.6. The molecule has 45 heavy (non-hydrogen) atoms. The van der Waals surface area contributed by atoms with Crippen molar-refractivity contribution < 1.29 is 14.9 Å². The van der Waals surface area contributed by atoms with Crippen LogP contribution in [0, 0.1) is 20.8 Å². The molecule has 2 heterocycles. The molecule has 0 bridgehead atoms. The number of ether oxygens (including phenoxy) is 1. The van der Waals surface area contributed by atoms with E-state index in [1.165, 1.54) is 41.7 Å². The van der Waals surface area contributed by atoms with Gasteiger partial charge < -0.3 is 14.9 Å². The third kappa shape index (κ3) is 7.72. The summed E-state index contributed by atoms with van der Waals surface area (Å²) in [4.78, 5) is 2.91. The van der Waals surface area contributed by atoms with Crippen molar-refractivity contribution in [2.24, 2.45) is 0 Å². The van der Waals surface area contributed by atoms with Gasteiger partial charge in [0.2, 0.25) is 0 Å². The van der Waals surface area contributed by atoms with E-state index in [0.29, 0.717) is 28.5 Å². The number of benzene rings is 4. The summed E-state index contributed by atoms with van der Waals surface area (Å²) in [6.07, 6.45) is 7.37. The zero-order valence-electron chi connectivity index (χ0n) is 26.2. The van der Waals surface area contributed by atoms with Crippen molar-refractivity contribution in [3.05, 3.63) is 88.4 Å². The van der Waals surface area contributed by atoms with E-state index in [4.69, 9.17) is 16.3 Å². The summed E-state index contributed by atoms with van der Waals surface area (Å²) in [5.74, 6) is 0.985. The molecule has 0 atom stereocenters. The standard InChI is InChI=1S/C21H27N3O2.C14H12ClN3O/c1-3-4-5-6-7-10-13-26-21-15-20(25)19(14-16(21)2)24-22-17-11-8-9-12-18(17)23-24;1-8-3-4-14(19)13(5-8)18-16-11-6-9(2)10(15)7-12(11)17-18/h8-9,11-12,14-15,25H,3-7,10,13H2,1-2H3;3-7,19H,1-2H3. The number of aryl methyl sites for hydroxylation is 3. The fraction of sp³-hybridized carbons (Fsp3) is 0.314. The Morgan fingerprint density at radius 2 is 1.24 bits per heavy atom. The maximum atomic E-state index is 10.4. The van der Waals surface area contributed by atoms with Crippen LogP contribution in [0.3, 0.4) is 0 Å². The number of aromatic hydroxyl groups is 2. The highest BCUT2D eigenvalue weighted by Gasteiger charge is 2.13. The van der Waals surface area contributed by atoms with Crippen molar-refractivity contribution >= 4 is 33.7 Å². The Morgan fingerprint density at radius 1 is 0.644 bits per heavy atom. The topological polar surface area (TPSA) is 111 Å². The Balaban J connectivity index is 0.000000186. The van der Waals surface area contributed by atoms with Gasteiger partial charge in [-0.05, 0) is 86.3 Å². The quantitative estimate of drug-likeness (QED) is 0.146. The Kier molecular flexibility index (Phi) is 10.2. The minimum atomic E-state index is 0.119. The van der Waals surface area contributed by atoms with Gasteiger partial charge in [-0.1, -0.05) is 68.8 Å². The van der Waals surface area contributed by atoms with Crippen LogP contribution in [-0.4, -0.2) is 46.8 Å². The molecule has 6 rings (SSSR count). The lowest BCUT2D eigenvalue weighted by molar-refractivity contribution is 0.300. The number of aromatic nitrogens is 6. The molecule has 0 spiro atoms. The molecule has 0 fully saturated rings. The number of hydrogen-bond acceptors (Lipinski definition) is 7. The molecule has 0 unspecified atom stereocenters. The van der Waals surface area contributed by atoms with E-state index in [0.717, 1.165) is 45.4 Å². The SMILES string of the molecule is CCCCCCCCOc1cc(O)c(-n2nc3ccccc3n2)cc1C.Cc1ccc(O)c(-n2nc3cc(C)c(Cl)cc3n2)c1. The van der Waals surface area contributed by atoms with E-state index < -0.39 is 0 Å². The van der Waals surface area contributed by atoms with Crippen LogP contribution in [0.4, 0.5) is 0 Å². The molecule has 6 aromatic rings. The second kappa shape index (κ2) is 14.4. The van der Waals surface area contributed by atoms with Gasteiger partial charge in [-0.25, -0.2) is 0 Å². The van der Waals surface area contributed by atoms with Crippen molar-refractivity contribution in [1.29, 1.82) is 0 Å². The fourth-order valence-electron chi connectivity index (χ4n) is 4.95. The van der Waals surface area contributed by atoms with Gasteiger partial charge in [-0.3, -0.25) is 0 Å². The Hall–Kier alpha value is -4.63. The van der Waals surface area contributed by atoms with Crippen LogP contribution >= 0.6 is 11.6 Å². The zero-order valence-corrected chi connectivity index (χ0v) is 26.9. The molecule has 0 saturated heterocycles. The maximum Gasteiger partial charge on any atom is 0.146 e. The molecule has 4 aromatic carbocycles. The van der Waals surface area contributed by atoms with Crippen molar-refractivity contribution in [3.8, 4) is 28.6 Å². The van der Waals surface area contributed by atoms with Gasteiger partial charge in [-0.15, -0.1) is 30.0 Å². The van der Waals surface area contributed by atoms with Crippen LogP contribution in [0.25, 0.3) is 33.4 Å². The van der Waals surface area contributed by atoms with Crippen LogP contribution in [0.2, 0.25) is 5.02 Å². The average Bonchev–Trinajstić information content (AvgIpc) is 3.64. The number of phenols is 2. The normalized spacial score (nSPS) is 11.1. The Bertz CT molecular complexity index is 1840. The van der Waals surface area contributed by atoms with Crippen molar-refractivity contribution in [2.45, 2.75) is 66.2 Å². The molecule has 0 aliphatic rings. The Morgan fingerprint density at radius 3 is 1.93 bits per heavy atom. The largest absolute Gasteiger partial charge is 0.506 e. The van der Waals surface area contributed by atoms with E-state index in [9.17, 15) is 10.2 Å². The fourth-order valence-corrected chi connectivity index (χ4v) is 5.11. The number of rotatable bonds is 10. The molecule has 10 heteroatoms. The molecule has 0 saturated carbocycles. The first-order valence-corrected chi connectivity index (χ1v) is 15.7. The highest BCUT2D eigenvalue weighted by molar-refractivity contribution is 6.32. The van der Waals surface area contributed by atoms with E-state index in [1.54, 1.807) is 18.2 Å². The number of phenolic OH excluding ortho intramolecular Hbond substituents is 2. The summed E-state index contributed by atoms with van der Waals surface area (Å²) in [5.41, 5.74) is 7.12. The van der Waals surface area contributed by atoms with Gasteiger partial charge in [0.05, 0.1) is 6.61 Å². The number of nitrogens with zero attached hydrogens (tertiary/aromatic N) is 6. The van der Waals surface area contributed by atoms with Gasteiger partial charge in [0.15, 0.2) is 0 Å². The summed E-state index contributed by atoms with van der Waals surface area (Å²) in [7, 11) is 0. The van der Waals surface area contributed by atoms with Crippen LogP contribution in [0.15, 0.2) is 66.7 Å². The molecule has 0 aliphatic heterocycles. The van der Waals surface area contributed by atoms with Crippen molar-refractivity contribution in [1.82, 2.24) is 30.0 Å². The molecule has 2 aromatic heterocycles. The van der Waals surface area contributed by atoms with Crippen molar-refractivity contribution in [3.63, 3.8) is 0 Å². The molecule has 0 aliphatic carbocycles. The molecule has 9 nitrogen and oxygen atoms in total. The molecule has 234 valence electrons. The van der Waals surface area contributed by atoms with Crippen LogP contribution in [-0.2, 0) is 0 Å². The molecule has 0 radical (unpaired) electrons. The van der Waals surface area contributed by atoms with Gasteiger partial charge >= 0.3 is 0 Å². The predicted molar refractivity (Wildman–Crippen MR) is 179 cm³/mol. The highest BCUT2D eigenvalue weighted by Crippen LogP contribution is 2.31. The number of hydrogen-bond donors (Lipinski definition) is 2. The number of halogens is 1. The lowest BCUT2D eigenvalue weighted by atomic mass is 10.1. The minimum Gasteiger partial charge on any atom is -0.506 e. The molecular formula is C35H39ClN6O3. The lowest BCUT2D eigenvalue weighted by Crippen LogP contribution is -2.03. The molecular weight excluding hydrogens is 588 g/mol. The van der Waals surface area contributed by atoms with Gasteiger partial charge in [0.25, 0.3) is 0 Å². The van der Waals surface area contributed by atoms with Gasteiger partial charge in [0.1, 0.15) is 50.7 Å². The second-order valence-electron chi connectivity index (χ2n) is 11.3. The summed E-state index contributed by atoms with van der Waals surface area (Å²) in [6, 6.07) is 20.2. The second-order valence-corrected chi connectivity index (χ2v) is 11.7. The Labute approximate surface area is 268 Å². The third-order valence-corrected chi connectivity index (χ3v) is 7.94. The average molecular weight is 627 g/mol. The zero-order chi connectivity index (χ0) is 31.9. The van der Waals surface area contributed by atoms with E-state index in [-0.39, 0.29) is 11.5 Å². The first kappa shape index (κ1) is 31.8. The number of fused-ring (bicyclic) bond motifs is 2. The van der Waals surface area contributed by atoms with Gasteiger partial charge in [-0.2, -0.15) is 0 Å². The minimum absolute atomic E-state index is 0.119. The van der Waals surface area contributed by atoms with Crippen molar-refractivity contribution in [2.75, 3.05) is 6.61 Å². The third-order valence-electron chi connectivity index (χ3n) is 7.54. The summed E-state index contributed by atoms with van der Waals surface area (Å²) in [6.45, 7) is 8.75. The highest BCUT2D eigenvalue weighted by atomic mass is 35.5. The van der Waals surface area contributed by atoms with Crippen LogP contribution in [0.1, 0.15) is 62.1 Å². The first-order chi connectivity index (χ1) is 21.7. The smallest absolute Gasteiger partial charge is 0.146 e. The van der Waals surface area contributed by atoms with E-state index >= 15 is 0 Å². The van der Waals surface area contributed by atoms with Crippen LogP contribution < -0.4 is 4.74 Å². The monoisotopic (exact) mass is 626 g/mol.